The van der Waals surface area contributed by atoms with Gasteiger partial charge < -0.3 is 5.32 Å². The molecule has 8 heteroatoms. The number of benzene rings is 1. The van der Waals surface area contributed by atoms with Gasteiger partial charge in [-0.05, 0) is 43.3 Å². The fraction of sp³-hybridized carbons (Fsp3) is 0.0556. The second-order valence-corrected chi connectivity index (χ2v) is 5.61. The van der Waals surface area contributed by atoms with Crippen LogP contribution in [0.15, 0.2) is 61.2 Å². The minimum absolute atomic E-state index is 0.225. The first-order valence-electron chi connectivity index (χ1n) is 7.95. The lowest BCUT2D eigenvalue weighted by atomic mass is 10.2. The highest BCUT2D eigenvalue weighted by Crippen LogP contribution is 2.19. The second kappa shape index (κ2) is 6.60. The van der Waals surface area contributed by atoms with Crippen molar-refractivity contribution in [2.45, 2.75) is 6.92 Å². The van der Waals surface area contributed by atoms with Gasteiger partial charge in [-0.25, -0.2) is 14.6 Å². The van der Waals surface area contributed by atoms with Crippen molar-refractivity contribution in [3.05, 3.63) is 72.4 Å². The summed E-state index contributed by atoms with van der Waals surface area (Å²) in [7, 11) is 0. The SMILES string of the molecule is Cc1c(C(=O)Nc2ccc(-c3ncn[nH]3)cc2)cnn1-c1ccccn1. The van der Waals surface area contributed by atoms with Crippen molar-refractivity contribution < 1.29 is 4.79 Å². The molecule has 0 aliphatic carbocycles. The van der Waals surface area contributed by atoms with Gasteiger partial charge >= 0.3 is 0 Å². The largest absolute Gasteiger partial charge is 0.322 e. The van der Waals surface area contributed by atoms with E-state index in [4.69, 9.17) is 0 Å². The van der Waals surface area contributed by atoms with Crippen molar-refractivity contribution in [1.82, 2.24) is 29.9 Å². The number of aromatic amines is 1. The van der Waals surface area contributed by atoms with E-state index in [2.05, 4.69) is 30.6 Å². The fourth-order valence-corrected chi connectivity index (χ4v) is 2.60. The van der Waals surface area contributed by atoms with Gasteiger partial charge in [0.25, 0.3) is 5.91 Å². The Morgan fingerprint density at radius 2 is 1.96 bits per heavy atom. The molecule has 1 aromatic carbocycles. The number of hydrogen-bond donors (Lipinski definition) is 2. The van der Waals surface area contributed by atoms with Gasteiger partial charge in [0, 0.05) is 17.4 Å². The molecule has 2 N–H and O–H groups in total. The van der Waals surface area contributed by atoms with Crippen LogP contribution in [0, 0.1) is 6.92 Å². The predicted octanol–water partition coefficient (Wildman–Crippen LogP) is 2.61. The number of aromatic nitrogens is 6. The van der Waals surface area contributed by atoms with Crippen LogP contribution in [0.25, 0.3) is 17.2 Å². The van der Waals surface area contributed by atoms with Gasteiger partial charge in [-0.1, -0.05) is 6.07 Å². The zero-order valence-corrected chi connectivity index (χ0v) is 13.9. The summed E-state index contributed by atoms with van der Waals surface area (Å²) in [5.41, 5.74) is 2.79. The summed E-state index contributed by atoms with van der Waals surface area (Å²) in [5, 5.41) is 13.8. The maximum atomic E-state index is 12.6. The van der Waals surface area contributed by atoms with Crippen LogP contribution in [0.4, 0.5) is 5.69 Å². The van der Waals surface area contributed by atoms with Gasteiger partial charge in [-0.15, -0.1) is 0 Å². The van der Waals surface area contributed by atoms with Gasteiger partial charge in [0.05, 0.1) is 17.5 Å². The lowest BCUT2D eigenvalue weighted by Crippen LogP contribution is -2.13. The van der Waals surface area contributed by atoms with Crippen LogP contribution < -0.4 is 5.32 Å². The van der Waals surface area contributed by atoms with E-state index < -0.39 is 0 Å². The van der Waals surface area contributed by atoms with Gasteiger partial charge in [-0.3, -0.25) is 9.89 Å². The van der Waals surface area contributed by atoms with Crippen LogP contribution in [-0.2, 0) is 0 Å². The van der Waals surface area contributed by atoms with Crippen molar-refractivity contribution in [1.29, 1.82) is 0 Å². The van der Waals surface area contributed by atoms with Gasteiger partial charge in [-0.2, -0.15) is 10.2 Å². The molecule has 0 radical (unpaired) electrons. The molecular formula is C18H15N7O. The molecule has 8 nitrogen and oxygen atoms in total. The van der Waals surface area contributed by atoms with E-state index in [0.717, 1.165) is 11.3 Å². The number of hydrogen-bond acceptors (Lipinski definition) is 5. The molecule has 0 aliphatic heterocycles. The summed E-state index contributed by atoms with van der Waals surface area (Å²) < 4.78 is 1.64. The van der Waals surface area contributed by atoms with Crippen molar-refractivity contribution >= 4 is 11.6 Å². The molecule has 4 aromatic rings. The van der Waals surface area contributed by atoms with Gasteiger partial charge in [0.2, 0.25) is 0 Å². The molecule has 26 heavy (non-hydrogen) atoms. The number of carbonyl (C=O) groups is 1. The van der Waals surface area contributed by atoms with Gasteiger partial charge in [0.15, 0.2) is 11.6 Å². The molecule has 1 amide bonds. The quantitative estimate of drug-likeness (QED) is 0.592. The Morgan fingerprint density at radius 1 is 1.12 bits per heavy atom. The standard InChI is InChI=1S/C18H15N7O/c1-12-15(10-22-25(12)16-4-2-3-9-19-16)18(26)23-14-7-5-13(6-8-14)17-20-11-21-24-17/h2-11H,1H3,(H,23,26)(H,20,21,24). The summed E-state index contributed by atoms with van der Waals surface area (Å²) in [4.78, 5) is 20.9. The summed E-state index contributed by atoms with van der Waals surface area (Å²) in [6, 6.07) is 12.9. The molecule has 3 heterocycles. The fourth-order valence-electron chi connectivity index (χ4n) is 2.60. The molecule has 0 aliphatic rings. The zero-order valence-electron chi connectivity index (χ0n) is 13.9. The highest BCUT2D eigenvalue weighted by atomic mass is 16.1. The van der Waals surface area contributed by atoms with E-state index in [0.29, 0.717) is 22.9 Å². The Bertz CT molecular complexity index is 1020. The topological polar surface area (TPSA) is 101 Å². The molecular weight excluding hydrogens is 330 g/mol. The maximum absolute atomic E-state index is 12.6. The Kier molecular flexibility index (Phi) is 3.98. The van der Waals surface area contributed by atoms with E-state index in [9.17, 15) is 4.79 Å². The van der Waals surface area contributed by atoms with E-state index in [1.54, 1.807) is 17.1 Å². The third-order valence-electron chi connectivity index (χ3n) is 3.95. The van der Waals surface area contributed by atoms with Crippen LogP contribution in [0.5, 0.6) is 0 Å². The van der Waals surface area contributed by atoms with Crippen LogP contribution in [0.3, 0.4) is 0 Å². The second-order valence-electron chi connectivity index (χ2n) is 5.61. The maximum Gasteiger partial charge on any atom is 0.259 e. The van der Waals surface area contributed by atoms with E-state index >= 15 is 0 Å². The molecule has 0 spiro atoms. The number of pyridine rings is 1. The van der Waals surface area contributed by atoms with E-state index in [1.165, 1.54) is 6.33 Å². The normalized spacial score (nSPS) is 10.7. The summed E-state index contributed by atoms with van der Waals surface area (Å²) >= 11 is 0. The lowest BCUT2D eigenvalue weighted by molar-refractivity contribution is 0.102. The lowest BCUT2D eigenvalue weighted by Gasteiger charge is -2.06. The molecule has 0 unspecified atom stereocenters. The van der Waals surface area contributed by atoms with Crippen molar-refractivity contribution in [3.8, 4) is 17.2 Å². The highest BCUT2D eigenvalue weighted by Gasteiger charge is 2.16. The molecule has 128 valence electrons. The number of H-pyrrole nitrogens is 1. The van der Waals surface area contributed by atoms with Crippen LogP contribution in [-0.4, -0.2) is 35.9 Å². The summed E-state index contributed by atoms with van der Waals surface area (Å²) in [5.74, 6) is 1.12. The van der Waals surface area contributed by atoms with Crippen LogP contribution in [0.1, 0.15) is 16.1 Å². The smallest absolute Gasteiger partial charge is 0.259 e. The summed E-state index contributed by atoms with van der Waals surface area (Å²) in [6.45, 7) is 1.84. The first-order valence-corrected chi connectivity index (χ1v) is 7.95. The Balaban J connectivity index is 1.53. The molecule has 4 rings (SSSR count). The minimum Gasteiger partial charge on any atom is -0.322 e. The van der Waals surface area contributed by atoms with E-state index in [-0.39, 0.29) is 5.91 Å². The minimum atomic E-state index is -0.225. The monoisotopic (exact) mass is 345 g/mol. The predicted molar refractivity (Wildman–Crippen MR) is 95.9 cm³/mol. The number of carbonyl (C=O) groups excluding carboxylic acids is 1. The average Bonchev–Trinajstić information content (AvgIpc) is 3.33. The van der Waals surface area contributed by atoms with Gasteiger partial charge in [0.1, 0.15) is 6.33 Å². The third kappa shape index (κ3) is 2.95. The zero-order chi connectivity index (χ0) is 17.9. The molecule has 0 saturated heterocycles. The van der Waals surface area contributed by atoms with Crippen molar-refractivity contribution in [3.63, 3.8) is 0 Å². The average molecular weight is 345 g/mol. The molecule has 0 saturated carbocycles. The first kappa shape index (κ1) is 15.7. The molecule has 0 fully saturated rings. The Labute approximate surface area is 148 Å². The van der Waals surface area contributed by atoms with Crippen LogP contribution >= 0.6 is 0 Å². The highest BCUT2D eigenvalue weighted by molar-refractivity contribution is 6.05. The number of amides is 1. The third-order valence-corrected chi connectivity index (χ3v) is 3.95. The molecule has 0 atom stereocenters. The number of rotatable bonds is 4. The number of anilines is 1. The van der Waals surface area contributed by atoms with Crippen molar-refractivity contribution in [2.24, 2.45) is 0 Å². The van der Waals surface area contributed by atoms with Crippen molar-refractivity contribution in [2.75, 3.05) is 5.32 Å². The van der Waals surface area contributed by atoms with E-state index in [1.807, 2.05) is 49.4 Å². The first-order chi connectivity index (χ1) is 12.7. The Hall–Kier alpha value is -3.81. The molecule has 0 bridgehead atoms. The Morgan fingerprint density at radius 3 is 2.65 bits per heavy atom. The summed E-state index contributed by atoms with van der Waals surface area (Å²) in [6.07, 6.45) is 4.68. The number of nitrogens with one attached hydrogen (secondary N) is 2. The molecule has 3 aromatic heterocycles. The van der Waals surface area contributed by atoms with Crippen LogP contribution in [0.2, 0.25) is 0 Å². The number of nitrogens with zero attached hydrogens (tertiary/aromatic N) is 5.